The summed E-state index contributed by atoms with van der Waals surface area (Å²) in [5, 5.41) is 18.5. The van der Waals surface area contributed by atoms with Crippen LogP contribution >= 0.6 is 0 Å². The summed E-state index contributed by atoms with van der Waals surface area (Å²) in [6.07, 6.45) is 1.24. The zero-order valence-electron chi connectivity index (χ0n) is 13.3. The van der Waals surface area contributed by atoms with Gasteiger partial charge in [0.1, 0.15) is 18.9 Å². The number of amides is 1. The van der Waals surface area contributed by atoms with E-state index in [2.05, 4.69) is 25.0 Å². The van der Waals surface area contributed by atoms with Crippen molar-refractivity contribution in [3.63, 3.8) is 0 Å². The van der Waals surface area contributed by atoms with Crippen LogP contribution in [0, 0.1) is 11.3 Å². The summed E-state index contributed by atoms with van der Waals surface area (Å²) in [5.41, 5.74) is 0.338. The van der Waals surface area contributed by atoms with E-state index in [4.69, 9.17) is 5.26 Å². The molecule has 0 unspecified atom stereocenters. The van der Waals surface area contributed by atoms with Gasteiger partial charge in [0, 0.05) is 5.69 Å². The van der Waals surface area contributed by atoms with Gasteiger partial charge in [-0.1, -0.05) is 0 Å². The van der Waals surface area contributed by atoms with Gasteiger partial charge in [-0.2, -0.15) is 5.26 Å². The number of anilines is 1. The quantitative estimate of drug-likeness (QED) is 0.769. The molecule has 1 amide bonds. The highest BCUT2D eigenvalue weighted by Crippen LogP contribution is 2.17. The molecule has 1 aromatic carbocycles. The van der Waals surface area contributed by atoms with Crippen molar-refractivity contribution in [2.24, 2.45) is 0 Å². The monoisotopic (exact) mass is 343 g/mol. The Balaban J connectivity index is 2.25. The van der Waals surface area contributed by atoms with E-state index < -0.39 is 17.8 Å². The first-order valence-electron chi connectivity index (χ1n) is 6.88. The Labute approximate surface area is 142 Å². The van der Waals surface area contributed by atoms with Gasteiger partial charge >= 0.3 is 11.9 Å². The summed E-state index contributed by atoms with van der Waals surface area (Å²) in [6, 6.07) is 5.80. The minimum Gasteiger partial charge on any atom is -0.465 e. The number of nitrogens with one attached hydrogen (secondary N) is 1. The van der Waals surface area contributed by atoms with E-state index in [1.165, 1.54) is 43.3 Å². The van der Waals surface area contributed by atoms with Crippen molar-refractivity contribution in [3.05, 3.63) is 41.5 Å². The predicted octanol–water partition coefficient (Wildman–Crippen LogP) is 0.362. The maximum atomic E-state index is 12.1. The Morgan fingerprint density at radius 2 is 1.76 bits per heavy atom. The second kappa shape index (κ2) is 7.69. The molecule has 0 fully saturated rings. The molecule has 1 N–H and O–H groups in total. The molecular weight excluding hydrogens is 330 g/mol. The lowest BCUT2D eigenvalue weighted by atomic mass is 10.1. The van der Waals surface area contributed by atoms with Crippen LogP contribution in [0.3, 0.4) is 0 Å². The number of rotatable bonds is 5. The number of nitriles is 1. The van der Waals surface area contributed by atoms with E-state index in [1.807, 2.05) is 0 Å². The fourth-order valence-corrected chi connectivity index (χ4v) is 1.98. The van der Waals surface area contributed by atoms with E-state index in [-0.39, 0.29) is 29.2 Å². The Bertz CT molecular complexity index is 833. The first-order valence-corrected chi connectivity index (χ1v) is 6.88. The van der Waals surface area contributed by atoms with Crippen LogP contribution in [0.25, 0.3) is 0 Å². The SMILES string of the molecule is COC(=O)c1cc(NC(=O)Cn2cnnc2C#N)cc(C(=O)OC)c1. The van der Waals surface area contributed by atoms with E-state index in [1.54, 1.807) is 6.07 Å². The van der Waals surface area contributed by atoms with Gasteiger partial charge in [0.2, 0.25) is 11.7 Å². The standard InChI is InChI=1S/C15H13N5O5/c1-24-14(22)9-3-10(15(23)25-2)5-11(4-9)18-13(21)7-20-8-17-19-12(20)6-16/h3-5,8H,7H2,1-2H3,(H,18,21). The lowest BCUT2D eigenvalue weighted by molar-refractivity contribution is -0.116. The summed E-state index contributed by atoms with van der Waals surface area (Å²) in [6.45, 7) is -0.216. The first kappa shape index (κ1) is 17.6. The summed E-state index contributed by atoms with van der Waals surface area (Å²) in [5.74, 6) is -1.87. The van der Waals surface area contributed by atoms with Crippen LogP contribution in [0.1, 0.15) is 26.5 Å². The molecule has 2 rings (SSSR count). The van der Waals surface area contributed by atoms with Crippen LogP contribution in [0.2, 0.25) is 0 Å². The Morgan fingerprint density at radius 1 is 1.16 bits per heavy atom. The van der Waals surface area contributed by atoms with Crippen molar-refractivity contribution < 1.29 is 23.9 Å². The highest BCUT2D eigenvalue weighted by molar-refractivity contribution is 5.99. The van der Waals surface area contributed by atoms with Gasteiger partial charge in [-0.05, 0) is 18.2 Å². The normalized spacial score (nSPS) is 9.80. The summed E-state index contributed by atoms with van der Waals surface area (Å²) in [4.78, 5) is 35.5. The van der Waals surface area contributed by atoms with Crippen LogP contribution in [-0.4, -0.2) is 46.8 Å². The summed E-state index contributed by atoms with van der Waals surface area (Å²) < 4.78 is 10.5. The lowest BCUT2D eigenvalue weighted by Gasteiger charge is -2.10. The Kier molecular flexibility index (Phi) is 5.42. The molecule has 2 aromatic rings. The van der Waals surface area contributed by atoms with Crippen molar-refractivity contribution in [2.75, 3.05) is 19.5 Å². The number of carbonyl (C=O) groups excluding carboxylic acids is 3. The molecule has 0 aliphatic heterocycles. The highest BCUT2D eigenvalue weighted by Gasteiger charge is 2.15. The minimum atomic E-state index is -0.674. The molecule has 1 heterocycles. The largest absolute Gasteiger partial charge is 0.465 e. The number of nitrogens with zero attached hydrogens (tertiary/aromatic N) is 4. The molecule has 128 valence electrons. The second-order valence-electron chi connectivity index (χ2n) is 4.72. The molecule has 0 atom stereocenters. The molecule has 0 radical (unpaired) electrons. The van der Waals surface area contributed by atoms with Gasteiger partial charge < -0.3 is 14.8 Å². The van der Waals surface area contributed by atoms with E-state index in [9.17, 15) is 14.4 Å². The fraction of sp³-hybridized carbons (Fsp3) is 0.200. The molecule has 0 saturated heterocycles. The van der Waals surface area contributed by atoms with Gasteiger partial charge in [0.05, 0.1) is 25.3 Å². The zero-order valence-corrected chi connectivity index (χ0v) is 13.3. The maximum absolute atomic E-state index is 12.1. The van der Waals surface area contributed by atoms with Crippen molar-refractivity contribution in [3.8, 4) is 6.07 Å². The highest BCUT2D eigenvalue weighted by atomic mass is 16.5. The number of hydrogen-bond acceptors (Lipinski definition) is 8. The molecule has 25 heavy (non-hydrogen) atoms. The van der Waals surface area contributed by atoms with Gasteiger partial charge in [-0.25, -0.2) is 9.59 Å². The molecule has 10 heteroatoms. The van der Waals surface area contributed by atoms with E-state index in [0.29, 0.717) is 0 Å². The molecular formula is C15H13N5O5. The lowest BCUT2D eigenvalue weighted by Crippen LogP contribution is -2.20. The average molecular weight is 343 g/mol. The molecule has 0 bridgehead atoms. The summed E-state index contributed by atoms with van der Waals surface area (Å²) >= 11 is 0. The summed E-state index contributed by atoms with van der Waals surface area (Å²) in [7, 11) is 2.39. The smallest absolute Gasteiger partial charge is 0.337 e. The molecule has 0 aliphatic rings. The number of aromatic nitrogens is 3. The van der Waals surface area contributed by atoms with Crippen molar-refractivity contribution in [1.29, 1.82) is 5.26 Å². The van der Waals surface area contributed by atoms with E-state index >= 15 is 0 Å². The predicted molar refractivity (Wildman–Crippen MR) is 82.5 cm³/mol. The average Bonchev–Trinajstić information content (AvgIpc) is 3.06. The second-order valence-corrected chi connectivity index (χ2v) is 4.72. The number of methoxy groups -OCH3 is 2. The third kappa shape index (κ3) is 4.17. The van der Waals surface area contributed by atoms with Gasteiger partial charge in [0.25, 0.3) is 0 Å². The Hall–Kier alpha value is -3.74. The van der Waals surface area contributed by atoms with Gasteiger partial charge in [0.15, 0.2) is 0 Å². The third-order valence-corrected chi connectivity index (χ3v) is 3.09. The van der Waals surface area contributed by atoms with Crippen LogP contribution in [0.5, 0.6) is 0 Å². The Morgan fingerprint density at radius 3 is 2.28 bits per heavy atom. The molecule has 0 saturated carbocycles. The first-order chi connectivity index (χ1) is 12.0. The number of ether oxygens (including phenoxy) is 2. The van der Waals surface area contributed by atoms with Crippen LogP contribution < -0.4 is 5.32 Å². The van der Waals surface area contributed by atoms with Crippen LogP contribution in [-0.2, 0) is 20.8 Å². The topological polar surface area (TPSA) is 136 Å². The van der Waals surface area contributed by atoms with Gasteiger partial charge in [-0.15, -0.1) is 10.2 Å². The van der Waals surface area contributed by atoms with Gasteiger partial charge in [-0.3, -0.25) is 9.36 Å². The zero-order chi connectivity index (χ0) is 18.4. The molecule has 0 spiro atoms. The maximum Gasteiger partial charge on any atom is 0.337 e. The molecule has 1 aromatic heterocycles. The van der Waals surface area contributed by atoms with Crippen LogP contribution in [0.4, 0.5) is 5.69 Å². The number of benzene rings is 1. The number of esters is 2. The van der Waals surface area contributed by atoms with E-state index in [0.717, 1.165) is 0 Å². The molecule has 10 nitrogen and oxygen atoms in total. The van der Waals surface area contributed by atoms with Crippen molar-refractivity contribution >= 4 is 23.5 Å². The van der Waals surface area contributed by atoms with Crippen molar-refractivity contribution in [1.82, 2.24) is 14.8 Å². The van der Waals surface area contributed by atoms with Crippen molar-refractivity contribution in [2.45, 2.75) is 6.54 Å². The fourth-order valence-electron chi connectivity index (χ4n) is 1.98. The third-order valence-electron chi connectivity index (χ3n) is 3.09. The molecule has 0 aliphatic carbocycles. The van der Waals surface area contributed by atoms with Crippen LogP contribution in [0.15, 0.2) is 24.5 Å². The number of hydrogen-bond donors (Lipinski definition) is 1. The minimum absolute atomic E-state index is 0.0197. The number of carbonyl (C=O) groups is 3.